The van der Waals surface area contributed by atoms with Gasteiger partial charge in [0.1, 0.15) is 6.29 Å². The summed E-state index contributed by atoms with van der Waals surface area (Å²) in [5, 5.41) is 4.33. The Morgan fingerprint density at radius 3 is 2.20 bits per heavy atom. The Hall–Kier alpha value is -1.42. The van der Waals surface area contributed by atoms with Crippen LogP contribution in [-0.4, -0.2) is 33.2 Å². The van der Waals surface area contributed by atoms with Crippen molar-refractivity contribution in [2.75, 3.05) is 7.05 Å². The van der Waals surface area contributed by atoms with Crippen molar-refractivity contribution in [2.24, 2.45) is 5.10 Å². The average Bonchev–Trinajstić information content (AvgIpc) is 2.26. The normalized spacial score (nSPS) is 10.9. The number of carbonyl (C=O) groups excluding carboxylic acids is 1. The maximum absolute atomic E-state index is 10.4. The van der Waals surface area contributed by atoms with Crippen molar-refractivity contribution in [3.8, 4) is 0 Å². The summed E-state index contributed by atoms with van der Waals surface area (Å²) in [5.74, 6) is 0. The van der Waals surface area contributed by atoms with Crippen LogP contribution in [0.1, 0.15) is 15.9 Å². The summed E-state index contributed by atoms with van der Waals surface area (Å²) in [6, 6.07) is 7.37. The zero-order chi connectivity index (χ0) is 11.3. The van der Waals surface area contributed by atoms with Crippen LogP contribution in [-0.2, 0) is 0 Å². The van der Waals surface area contributed by atoms with Crippen molar-refractivity contribution in [3.63, 3.8) is 0 Å². The summed E-state index contributed by atoms with van der Waals surface area (Å²) in [7, 11) is 1.15. The van der Waals surface area contributed by atoms with Gasteiger partial charge in [0.25, 0.3) is 0 Å². The number of hydrazone groups is 1. The highest BCUT2D eigenvalue weighted by molar-refractivity contribution is 6.52. The van der Waals surface area contributed by atoms with Gasteiger partial charge >= 0.3 is 0 Å². The van der Waals surface area contributed by atoms with Gasteiger partial charge in [-0.2, -0.15) is 5.10 Å². The van der Waals surface area contributed by atoms with Gasteiger partial charge in [-0.3, -0.25) is 4.79 Å². The molecule has 4 heteroatoms. The minimum atomic E-state index is -0.843. The lowest BCUT2D eigenvalue weighted by Gasteiger charge is -2.15. The molecule has 0 saturated heterocycles. The maximum Gasteiger partial charge on any atom is 0.156 e. The molecule has 0 unspecified atom stereocenters. The molecule has 0 radical (unpaired) electrons. The lowest BCUT2D eigenvalue weighted by molar-refractivity contribution is 0.112. The first kappa shape index (κ1) is 11.7. The highest BCUT2D eigenvalue weighted by Crippen LogP contribution is 2.00. The summed E-state index contributed by atoms with van der Waals surface area (Å²) in [4.78, 5) is 10.4. The van der Waals surface area contributed by atoms with E-state index in [2.05, 4.69) is 18.2 Å². The zero-order valence-electron chi connectivity index (χ0n) is 9.34. The van der Waals surface area contributed by atoms with Crippen molar-refractivity contribution in [3.05, 3.63) is 35.4 Å². The first-order valence-electron chi connectivity index (χ1n) is 4.95. The van der Waals surface area contributed by atoms with Crippen molar-refractivity contribution in [1.29, 1.82) is 0 Å². The minimum absolute atomic E-state index is 0.693. The van der Waals surface area contributed by atoms with Crippen LogP contribution in [0.25, 0.3) is 0 Å². The predicted molar refractivity (Wildman–Crippen MR) is 66.1 cm³/mol. The van der Waals surface area contributed by atoms with Crippen LogP contribution in [0.4, 0.5) is 0 Å². The van der Waals surface area contributed by atoms with Crippen molar-refractivity contribution in [2.45, 2.75) is 13.1 Å². The van der Waals surface area contributed by atoms with Crippen LogP contribution in [0.15, 0.2) is 29.4 Å². The molecule has 0 atom stereocenters. The molecule has 0 aromatic heterocycles. The summed E-state index contributed by atoms with van der Waals surface area (Å²) in [6.07, 6.45) is 2.66. The first-order valence-corrected chi connectivity index (χ1v) is 7.78. The highest BCUT2D eigenvalue weighted by atomic mass is 28.3. The first-order chi connectivity index (χ1) is 7.13. The van der Waals surface area contributed by atoms with Crippen LogP contribution in [0.3, 0.4) is 0 Å². The van der Waals surface area contributed by atoms with E-state index in [-0.39, 0.29) is 0 Å². The van der Waals surface area contributed by atoms with Gasteiger partial charge in [-0.15, -0.1) is 0 Å². The Morgan fingerprint density at radius 2 is 1.73 bits per heavy atom. The molecule has 0 spiro atoms. The Bertz CT molecular complexity index is 346. The topological polar surface area (TPSA) is 32.7 Å². The molecule has 1 aromatic carbocycles. The molecule has 0 amide bonds. The van der Waals surface area contributed by atoms with Crippen LogP contribution >= 0.6 is 0 Å². The Labute approximate surface area is 92.1 Å². The summed E-state index contributed by atoms with van der Waals surface area (Å²) in [6.45, 7) is 4.43. The van der Waals surface area contributed by atoms with E-state index < -0.39 is 8.96 Å². The van der Waals surface area contributed by atoms with Gasteiger partial charge in [-0.05, 0) is 5.56 Å². The molecule has 0 aliphatic carbocycles. The van der Waals surface area contributed by atoms with E-state index in [1.165, 1.54) is 0 Å². The second-order valence-corrected chi connectivity index (χ2v) is 6.63. The minimum Gasteiger partial charge on any atom is -0.331 e. The van der Waals surface area contributed by atoms with Crippen molar-refractivity contribution >= 4 is 21.5 Å². The molecular weight excluding hydrogens is 204 g/mol. The smallest absolute Gasteiger partial charge is 0.156 e. The molecule has 0 saturated carbocycles. The number of benzene rings is 1. The van der Waals surface area contributed by atoms with E-state index in [0.717, 1.165) is 11.8 Å². The van der Waals surface area contributed by atoms with Gasteiger partial charge in [-0.25, -0.2) is 0 Å². The molecule has 1 aromatic rings. The van der Waals surface area contributed by atoms with E-state index in [4.69, 9.17) is 0 Å². The van der Waals surface area contributed by atoms with Crippen molar-refractivity contribution < 1.29 is 4.79 Å². The number of carbonyl (C=O) groups is 1. The molecule has 1 rings (SSSR count). The molecule has 0 heterocycles. The summed E-state index contributed by atoms with van der Waals surface area (Å²) >= 11 is 0. The van der Waals surface area contributed by atoms with Crippen molar-refractivity contribution in [1.82, 2.24) is 4.67 Å². The molecule has 15 heavy (non-hydrogen) atoms. The number of hydrogen-bond acceptors (Lipinski definition) is 3. The number of rotatable bonds is 4. The van der Waals surface area contributed by atoms with Gasteiger partial charge in [0, 0.05) is 12.6 Å². The number of nitrogens with zero attached hydrogens (tertiary/aromatic N) is 2. The summed E-state index contributed by atoms with van der Waals surface area (Å²) < 4.78 is 2.02. The van der Waals surface area contributed by atoms with E-state index in [9.17, 15) is 4.79 Å². The fourth-order valence-electron chi connectivity index (χ4n) is 0.952. The van der Waals surface area contributed by atoms with Crippen LogP contribution in [0.2, 0.25) is 13.1 Å². The lowest BCUT2D eigenvalue weighted by Crippen LogP contribution is -2.24. The van der Waals surface area contributed by atoms with Crippen LogP contribution in [0.5, 0.6) is 0 Å². The molecule has 3 nitrogen and oxygen atoms in total. The largest absolute Gasteiger partial charge is 0.331 e. The number of hydrogen-bond donors (Lipinski definition) is 0. The third kappa shape index (κ3) is 3.67. The van der Waals surface area contributed by atoms with E-state index >= 15 is 0 Å². The Morgan fingerprint density at radius 1 is 1.20 bits per heavy atom. The van der Waals surface area contributed by atoms with E-state index in [1.54, 1.807) is 12.1 Å². The van der Waals surface area contributed by atoms with Crippen LogP contribution in [0, 0.1) is 0 Å². The average molecular weight is 220 g/mol. The Kier molecular flexibility index (Phi) is 4.24. The highest BCUT2D eigenvalue weighted by Gasteiger charge is 1.99. The van der Waals surface area contributed by atoms with Gasteiger partial charge in [0.05, 0.1) is 6.21 Å². The SMILES string of the molecule is CN(N=Cc1ccc(C=O)cc1)[SiH](C)C. The molecular formula is C11H16N2OSi. The summed E-state index contributed by atoms with van der Waals surface area (Å²) in [5.41, 5.74) is 1.71. The molecule has 0 bridgehead atoms. The van der Waals surface area contributed by atoms with Gasteiger partial charge in [0.2, 0.25) is 0 Å². The monoisotopic (exact) mass is 220 g/mol. The number of aldehydes is 1. The molecule has 0 N–H and O–H groups in total. The quantitative estimate of drug-likeness (QED) is 0.335. The van der Waals surface area contributed by atoms with Crippen LogP contribution < -0.4 is 0 Å². The lowest BCUT2D eigenvalue weighted by atomic mass is 10.2. The molecule has 80 valence electrons. The Balaban J connectivity index is 2.68. The second-order valence-electron chi connectivity index (χ2n) is 3.70. The fraction of sp³-hybridized carbons (Fsp3) is 0.273. The predicted octanol–water partition coefficient (Wildman–Crippen LogP) is 1.75. The standard InChI is InChI=1S/C11H16N2OSi/c1-13(15(2)3)12-8-10-4-6-11(9-14)7-5-10/h4-9,15H,1-3H3. The second kappa shape index (κ2) is 5.46. The molecule has 0 aliphatic heterocycles. The van der Waals surface area contributed by atoms with Gasteiger partial charge in [-0.1, -0.05) is 37.4 Å². The van der Waals surface area contributed by atoms with E-state index in [1.807, 2.05) is 30.1 Å². The fourth-order valence-corrected chi connectivity index (χ4v) is 1.29. The third-order valence-corrected chi connectivity index (χ3v) is 3.84. The third-order valence-electron chi connectivity index (χ3n) is 2.21. The van der Waals surface area contributed by atoms with Gasteiger partial charge < -0.3 is 4.67 Å². The molecule has 0 aliphatic rings. The van der Waals surface area contributed by atoms with E-state index in [0.29, 0.717) is 5.56 Å². The van der Waals surface area contributed by atoms with Gasteiger partial charge in [0.15, 0.2) is 8.96 Å². The maximum atomic E-state index is 10.4. The molecule has 0 fully saturated rings. The zero-order valence-corrected chi connectivity index (χ0v) is 10.5.